The van der Waals surface area contributed by atoms with Gasteiger partial charge < -0.3 is 9.88 Å². The van der Waals surface area contributed by atoms with Gasteiger partial charge in [-0.15, -0.1) is 5.10 Å². The molecule has 2 aromatic heterocycles. The summed E-state index contributed by atoms with van der Waals surface area (Å²) in [7, 11) is 1.73. The van der Waals surface area contributed by atoms with Crippen LogP contribution >= 0.6 is 11.5 Å². The van der Waals surface area contributed by atoms with Crippen molar-refractivity contribution in [2.75, 3.05) is 11.9 Å². The molecule has 0 aliphatic carbocycles. The average molecular weight is 253 g/mol. The van der Waals surface area contributed by atoms with Crippen LogP contribution in [0.1, 0.15) is 19.0 Å². The SMILES string of the molecule is CCCNc1snnc1Cn1ccn(C)c1=O. The first-order valence-electron chi connectivity index (χ1n) is 5.49. The van der Waals surface area contributed by atoms with Gasteiger partial charge in [0, 0.05) is 37.5 Å². The van der Waals surface area contributed by atoms with Gasteiger partial charge in [-0.3, -0.25) is 4.57 Å². The highest BCUT2D eigenvalue weighted by Gasteiger charge is 2.09. The largest absolute Gasteiger partial charge is 0.374 e. The fraction of sp³-hybridized carbons (Fsp3) is 0.500. The van der Waals surface area contributed by atoms with Crippen molar-refractivity contribution in [2.24, 2.45) is 7.05 Å². The van der Waals surface area contributed by atoms with Gasteiger partial charge in [-0.2, -0.15) is 0 Å². The van der Waals surface area contributed by atoms with Gasteiger partial charge in [0.05, 0.1) is 6.54 Å². The smallest absolute Gasteiger partial charge is 0.328 e. The van der Waals surface area contributed by atoms with Crippen LogP contribution in [0.2, 0.25) is 0 Å². The van der Waals surface area contributed by atoms with Crippen LogP contribution in [-0.2, 0) is 13.6 Å². The van der Waals surface area contributed by atoms with Crippen LogP contribution in [0, 0.1) is 0 Å². The molecule has 0 unspecified atom stereocenters. The van der Waals surface area contributed by atoms with Crippen molar-refractivity contribution >= 4 is 16.5 Å². The molecule has 6 nitrogen and oxygen atoms in total. The molecule has 7 heteroatoms. The third-order valence-corrected chi connectivity index (χ3v) is 3.15. The zero-order valence-electron chi connectivity index (χ0n) is 9.88. The molecule has 2 aromatic rings. The molecule has 0 spiro atoms. The number of hydrogen-bond donors (Lipinski definition) is 1. The van der Waals surface area contributed by atoms with E-state index >= 15 is 0 Å². The summed E-state index contributed by atoms with van der Waals surface area (Å²) in [6.07, 6.45) is 4.54. The Hall–Kier alpha value is -1.63. The first kappa shape index (κ1) is 11.8. The standard InChI is InChI=1S/C10H15N5OS/c1-3-4-11-9-8(12-13-17-9)7-15-6-5-14(2)10(15)16/h5-6,11H,3-4,7H2,1-2H3. The van der Waals surface area contributed by atoms with Crippen LogP contribution in [0.3, 0.4) is 0 Å². The topological polar surface area (TPSA) is 64.7 Å². The Kier molecular flexibility index (Phi) is 3.58. The van der Waals surface area contributed by atoms with Crippen LogP contribution in [-0.4, -0.2) is 25.3 Å². The van der Waals surface area contributed by atoms with Crippen molar-refractivity contribution in [3.05, 3.63) is 28.6 Å². The number of aryl methyl sites for hydroxylation is 1. The lowest BCUT2D eigenvalue weighted by atomic mass is 10.4. The summed E-state index contributed by atoms with van der Waals surface area (Å²) in [6, 6.07) is 0. The molecule has 0 atom stereocenters. The summed E-state index contributed by atoms with van der Waals surface area (Å²) in [5.74, 6) is 0. The summed E-state index contributed by atoms with van der Waals surface area (Å²) in [5, 5.41) is 8.26. The Bertz CT molecular complexity index is 541. The third kappa shape index (κ3) is 2.55. The van der Waals surface area contributed by atoms with Crippen molar-refractivity contribution in [3.63, 3.8) is 0 Å². The second-order valence-electron chi connectivity index (χ2n) is 3.80. The van der Waals surface area contributed by atoms with E-state index in [-0.39, 0.29) is 5.69 Å². The predicted molar refractivity (Wildman–Crippen MR) is 67.5 cm³/mol. The Morgan fingerprint density at radius 3 is 2.94 bits per heavy atom. The van der Waals surface area contributed by atoms with E-state index in [0.717, 1.165) is 23.7 Å². The van der Waals surface area contributed by atoms with Crippen LogP contribution < -0.4 is 11.0 Å². The van der Waals surface area contributed by atoms with Crippen molar-refractivity contribution in [3.8, 4) is 0 Å². The number of rotatable bonds is 5. The molecule has 0 amide bonds. The van der Waals surface area contributed by atoms with E-state index in [1.807, 2.05) is 0 Å². The third-order valence-electron chi connectivity index (χ3n) is 2.43. The zero-order valence-corrected chi connectivity index (χ0v) is 10.7. The number of nitrogens with one attached hydrogen (secondary N) is 1. The molecule has 17 heavy (non-hydrogen) atoms. The van der Waals surface area contributed by atoms with E-state index < -0.39 is 0 Å². The second-order valence-corrected chi connectivity index (χ2v) is 4.55. The summed E-state index contributed by atoms with van der Waals surface area (Å²) < 4.78 is 7.07. The van der Waals surface area contributed by atoms with E-state index in [9.17, 15) is 4.79 Å². The molecule has 0 fully saturated rings. The lowest BCUT2D eigenvalue weighted by molar-refractivity contribution is 0.702. The molecule has 0 radical (unpaired) electrons. The van der Waals surface area contributed by atoms with Gasteiger partial charge in [0.15, 0.2) is 0 Å². The molecule has 0 aliphatic heterocycles. The molecule has 2 rings (SSSR count). The maximum Gasteiger partial charge on any atom is 0.328 e. The van der Waals surface area contributed by atoms with Crippen LogP contribution in [0.25, 0.3) is 0 Å². The minimum atomic E-state index is -0.0422. The predicted octanol–water partition coefficient (Wildman–Crippen LogP) is 0.908. The van der Waals surface area contributed by atoms with E-state index in [2.05, 4.69) is 21.8 Å². The molecule has 2 heterocycles. The monoisotopic (exact) mass is 253 g/mol. The molecular formula is C10H15N5OS. The van der Waals surface area contributed by atoms with E-state index in [0.29, 0.717) is 6.54 Å². The molecule has 92 valence electrons. The van der Waals surface area contributed by atoms with Gasteiger partial charge in [0.25, 0.3) is 0 Å². The highest BCUT2D eigenvalue weighted by Crippen LogP contribution is 2.17. The van der Waals surface area contributed by atoms with E-state index in [1.165, 1.54) is 11.5 Å². The number of imidazole rings is 1. The molecule has 0 saturated carbocycles. The van der Waals surface area contributed by atoms with Gasteiger partial charge in [-0.05, 0) is 6.42 Å². The molecule has 0 saturated heterocycles. The molecule has 0 aromatic carbocycles. The van der Waals surface area contributed by atoms with Gasteiger partial charge in [0.2, 0.25) is 0 Å². The van der Waals surface area contributed by atoms with Gasteiger partial charge in [0.1, 0.15) is 10.7 Å². The van der Waals surface area contributed by atoms with E-state index in [4.69, 9.17) is 0 Å². The first-order chi connectivity index (χ1) is 8.22. The van der Waals surface area contributed by atoms with Gasteiger partial charge >= 0.3 is 5.69 Å². The Morgan fingerprint density at radius 1 is 1.47 bits per heavy atom. The van der Waals surface area contributed by atoms with Gasteiger partial charge in [-0.1, -0.05) is 11.4 Å². The van der Waals surface area contributed by atoms with Crippen LogP contribution in [0.5, 0.6) is 0 Å². The average Bonchev–Trinajstić information content (AvgIpc) is 2.89. The molecule has 0 aliphatic rings. The fourth-order valence-electron chi connectivity index (χ4n) is 1.48. The Balaban J connectivity index is 2.16. The van der Waals surface area contributed by atoms with Crippen molar-refractivity contribution in [1.29, 1.82) is 0 Å². The van der Waals surface area contributed by atoms with Crippen LogP contribution in [0.15, 0.2) is 17.2 Å². The highest BCUT2D eigenvalue weighted by atomic mass is 32.1. The Labute approximate surface area is 103 Å². The Morgan fingerprint density at radius 2 is 2.29 bits per heavy atom. The summed E-state index contributed by atoms with van der Waals surface area (Å²) in [6.45, 7) is 3.45. The highest BCUT2D eigenvalue weighted by molar-refractivity contribution is 7.10. The maximum atomic E-state index is 11.7. The minimum Gasteiger partial charge on any atom is -0.374 e. The van der Waals surface area contributed by atoms with Crippen LogP contribution in [0.4, 0.5) is 5.00 Å². The first-order valence-corrected chi connectivity index (χ1v) is 6.26. The van der Waals surface area contributed by atoms with Gasteiger partial charge in [-0.25, -0.2) is 4.79 Å². The van der Waals surface area contributed by atoms with E-state index in [1.54, 1.807) is 28.6 Å². The number of hydrogen-bond acceptors (Lipinski definition) is 5. The van der Waals surface area contributed by atoms with Crippen molar-refractivity contribution in [2.45, 2.75) is 19.9 Å². The molecular weight excluding hydrogens is 238 g/mol. The lowest BCUT2D eigenvalue weighted by Gasteiger charge is -2.03. The van der Waals surface area contributed by atoms with Crippen molar-refractivity contribution < 1.29 is 0 Å². The summed E-state index contributed by atoms with van der Waals surface area (Å²) in [5.41, 5.74) is 0.774. The van der Waals surface area contributed by atoms with Crippen molar-refractivity contribution in [1.82, 2.24) is 18.7 Å². The normalized spacial score (nSPS) is 10.7. The quantitative estimate of drug-likeness (QED) is 0.860. The maximum absolute atomic E-state index is 11.7. The number of anilines is 1. The second kappa shape index (κ2) is 5.13. The lowest BCUT2D eigenvalue weighted by Crippen LogP contribution is -2.22. The molecule has 1 N–H and O–H groups in total. The summed E-state index contributed by atoms with van der Waals surface area (Å²) in [4.78, 5) is 11.7. The fourth-order valence-corrected chi connectivity index (χ4v) is 2.08. The summed E-state index contributed by atoms with van der Waals surface area (Å²) >= 11 is 1.33. The number of aromatic nitrogens is 4. The number of nitrogens with zero attached hydrogens (tertiary/aromatic N) is 4. The minimum absolute atomic E-state index is 0.0422. The molecule has 0 bridgehead atoms. The zero-order chi connectivity index (χ0) is 12.3.